The van der Waals surface area contributed by atoms with E-state index in [1.54, 1.807) is 30.3 Å². The summed E-state index contributed by atoms with van der Waals surface area (Å²) in [5.41, 5.74) is 1.52. The maximum atomic E-state index is 12.1. The number of nitro groups is 1. The first-order chi connectivity index (χ1) is 11.8. The fraction of sp³-hybridized carbons (Fsp3) is 0.250. The van der Waals surface area contributed by atoms with Crippen LogP contribution in [0.5, 0.6) is 0 Å². The summed E-state index contributed by atoms with van der Waals surface area (Å²) in [6.45, 7) is 2.83. The van der Waals surface area contributed by atoms with Gasteiger partial charge >= 0.3 is 0 Å². The normalized spacial score (nSPS) is 11.4. The zero-order chi connectivity index (χ0) is 18.4. The molecule has 0 radical (unpaired) electrons. The van der Waals surface area contributed by atoms with Gasteiger partial charge in [0.15, 0.2) is 0 Å². The van der Waals surface area contributed by atoms with Crippen LogP contribution in [0, 0.1) is 17.0 Å². The van der Waals surface area contributed by atoms with Gasteiger partial charge < -0.3 is 5.32 Å². The van der Waals surface area contributed by atoms with Crippen molar-refractivity contribution >= 4 is 27.3 Å². The third-order valence-electron chi connectivity index (χ3n) is 3.46. The molecule has 0 atom stereocenters. The van der Waals surface area contributed by atoms with E-state index in [0.29, 0.717) is 18.7 Å². The Morgan fingerprint density at radius 3 is 2.44 bits per heavy atom. The van der Waals surface area contributed by atoms with Gasteiger partial charge in [0.2, 0.25) is 10.0 Å². The maximum absolute atomic E-state index is 12.1. The molecule has 2 aromatic carbocycles. The molecule has 2 rings (SSSR count). The first-order valence-corrected chi connectivity index (χ1v) is 9.35. The van der Waals surface area contributed by atoms with E-state index < -0.39 is 14.9 Å². The summed E-state index contributed by atoms with van der Waals surface area (Å²) >= 11 is 5.75. The summed E-state index contributed by atoms with van der Waals surface area (Å²) in [6.07, 6.45) is 0. The Balaban J connectivity index is 1.83. The highest BCUT2D eigenvalue weighted by Gasteiger charge is 2.13. The van der Waals surface area contributed by atoms with E-state index in [-0.39, 0.29) is 22.2 Å². The van der Waals surface area contributed by atoms with Gasteiger partial charge in [0.25, 0.3) is 5.69 Å². The van der Waals surface area contributed by atoms with E-state index in [9.17, 15) is 18.5 Å². The van der Waals surface area contributed by atoms with Gasteiger partial charge in [-0.15, -0.1) is 0 Å². The lowest BCUT2D eigenvalue weighted by atomic mass is 10.2. The van der Waals surface area contributed by atoms with Crippen LogP contribution in [-0.4, -0.2) is 26.4 Å². The van der Waals surface area contributed by atoms with Crippen LogP contribution in [0.2, 0.25) is 5.02 Å². The van der Waals surface area contributed by atoms with Crippen molar-refractivity contribution in [1.82, 2.24) is 10.0 Å². The molecule has 0 spiro atoms. The molecule has 134 valence electrons. The molecule has 9 heteroatoms. The second-order valence-electron chi connectivity index (χ2n) is 5.43. The molecule has 0 aliphatic carbocycles. The number of sulfonamides is 1. The van der Waals surface area contributed by atoms with Crippen molar-refractivity contribution in [1.29, 1.82) is 0 Å². The Morgan fingerprint density at radius 1 is 1.12 bits per heavy atom. The number of nitro benzene ring substituents is 1. The van der Waals surface area contributed by atoms with Gasteiger partial charge in [-0.3, -0.25) is 10.1 Å². The minimum atomic E-state index is -3.54. The van der Waals surface area contributed by atoms with Crippen molar-refractivity contribution in [3.05, 3.63) is 68.7 Å². The highest BCUT2D eigenvalue weighted by Crippen LogP contribution is 2.24. The number of halogens is 1. The fourth-order valence-electron chi connectivity index (χ4n) is 2.12. The zero-order valence-electron chi connectivity index (χ0n) is 13.5. The van der Waals surface area contributed by atoms with E-state index in [1.807, 2.05) is 6.92 Å². The van der Waals surface area contributed by atoms with Crippen molar-refractivity contribution < 1.29 is 13.3 Å². The molecular formula is C16H18ClN3O4S. The second kappa shape index (κ2) is 8.39. The largest absolute Gasteiger partial charge is 0.311 e. The fourth-order valence-corrected chi connectivity index (χ4v) is 3.33. The topological polar surface area (TPSA) is 101 Å². The van der Waals surface area contributed by atoms with Crippen LogP contribution in [0.3, 0.4) is 0 Å². The number of nitrogens with zero attached hydrogens (tertiary/aromatic N) is 1. The molecule has 2 N–H and O–H groups in total. The molecule has 25 heavy (non-hydrogen) atoms. The summed E-state index contributed by atoms with van der Waals surface area (Å²) in [7, 11) is -3.54. The minimum absolute atomic E-state index is 0.0830. The molecule has 0 unspecified atom stereocenters. The summed E-state index contributed by atoms with van der Waals surface area (Å²) in [5.74, 6) is 0. The second-order valence-corrected chi connectivity index (χ2v) is 7.60. The van der Waals surface area contributed by atoms with Crippen molar-refractivity contribution in [3.8, 4) is 0 Å². The monoisotopic (exact) mass is 383 g/mol. The number of hydrogen-bond donors (Lipinski definition) is 2. The van der Waals surface area contributed by atoms with Crippen molar-refractivity contribution in [3.63, 3.8) is 0 Å². The van der Waals surface area contributed by atoms with Crippen molar-refractivity contribution in [2.45, 2.75) is 18.4 Å². The Morgan fingerprint density at radius 2 is 1.80 bits per heavy atom. The molecular weight excluding hydrogens is 366 g/mol. The van der Waals surface area contributed by atoms with Crippen molar-refractivity contribution in [2.24, 2.45) is 0 Å². The molecule has 0 aromatic heterocycles. The number of rotatable bonds is 8. The van der Waals surface area contributed by atoms with E-state index in [2.05, 4.69) is 10.0 Å². The molecule has 7 nitrogen and oxygen atoms in total. The van der Waals surface area contributed by atoms with Crippen LogP contribution in [0.4, 0.5) is 5.69 Å². The molecule has 2 aromatic rings. The number of benzene rings is 2. The summed E-state index contributed by atoms with van der Waals surface area (Å²) in [4.78, 5) is 10.5. The minimum Gasteiger partial charge on any atom is -0.311 e. The summed E-state index contributed by atoms with van der Waals surface area (Å²) in [6, 6.07) is 11.1. The van der Waals surface area contributed by atoms with Crippen LogP contribution in [0.1, 0.15) is 11.1 Å². The van der Waals surface area contributed by atoms with E-state index >= 15 is 0 Å². The van der Waals surface area contributed by atoms with Gasteiger partial charge in [-0.25, -0.2) is 13.1 Å². The standard InChI is InChI=1S/C16H18ClN3O4S/c1-12-2-5-14(6-3-12)25(23,24)19-9-8-18-11-13-4-7-15(17)16(10-13)20(21)22/h2-7,10,18-19H,8-9,11H2,1H3. The molecule has 0 saturated heterocycles. The molecule has 0 saturated carbocycles. The Labute approximate surface area is 151 Å². The van der Waals surface area contributed by atoms with Gasteiger partial charge in [-0.1, -0.05) is 35.4 Å². The molecule has 0 heterocycles. The van der Waals surface area contributed by atoms with Gasteiger partial charge in [-0.05, 0) is 30.7 Å². The Bertz CT molecular complexity index is 854. The van der Waals surface area contributed by atoms with Gasteiger partial charge in [0.1, 0.15) is 5.02 Å². The van der Waals surface area contributed by atoms with Gasteiger partial charge in [0.05, 0.1) is 9.82 Å². The lowest BCUT2D eigenvalue weighted by Gasteiger charge is -2.08. The predicted molar refractivity (Wildman–Crippen MR) is 96.2 cm³/mol. The van der Waals surface area contributed by atoms with E-state index in [4.69, 9.17) is 11.6 Å². The average molecular weight is 384 g/mol. The van der Waals surface area contributed by atoms with Gasteiger partial charge in [-0.2, -0.15) is 0 Å². The molecule has 0 aliphatic rings. The lowest BCUT2D eigenvalue weighted by Crippen LogP contribution is -2.31. The van der Waals surface area contributed by atoms with Crippen LogP contribution in [0.15, 0.2) is 47.4 Å². The molecule has 0 aliphatic heterocycles. The smallest absolute Gasteiger partial charge is 0.288 e. The van der Waals surface area contributed by atoms with Crippen molar-refractivity contribution in [2.75, 3.05) is 13.1 Å². The van der Waals surface area contributed by atoms with E-state index in [0.717, 1.165) is 5.56 Å². The maximum Gasteiger partial charge on any atom is 0.288 e. The van der Waals surface area contributed by atoms with Gasteiger partial charge in [0, 0.05) is 25.7 Å². The Hall–Kier alpha value is -2.00. The summed E-state index contributed by atoms with van der Waals surface area (Å²) in [5, 5.41) is 14.0. The molecule has 0 bridgehead atoms. The SMILES string of the molecule is Cc1ccc(S(=O)(=O)NCCNCc2ccc(Cl)c([N+](=O)[O-])c2)cc1. The van der Waals surface area contributed by atoms with Crippen LogP contribution in [0.25, 0.3) is 0 Å². The number of hydrogen-bond acceptors (Lipinski definition) is 5. The van der Waals surface area contributed by atoms with Crippen LogP contribution >= 0.6 is 11.6 Å². The number of nitrogens with one attached hydrogen (secondary N) is 2. The highest BCUT2D eigenvalue weighted by atomic mass is 35.5. The first kappa shape index (κ1) is 19.3. The molecule has 0 fully saturated rings. The van der Waals surface area contributed by atoms with Crippen LogP contribution < -0.4 is 10.0 Å². The lowest BCUT2D eigenvalue weighted by molar-refractivity contribution is -0.384. The highest BCUT2D eigenvalue weighted by molar-refractivity contribution is 7.89. The van der Waals surface area contributed by atoms with E-state index in [1.165, 1.54) is 12.1 Å². The van der Waals surface area contributed by atoms with Crippen LogP contribution in [-0.2, 0) is 16.6 Å². The average Bonchev–Trinajstić information content (AvgIpc) is 2.56. The molecule has 0 amide bonds. The Kier molecular flexibility index (Phi) is 6.49. The predicted octanol–water partition coefficient (Wildman–Crippen LogP) is 2.62. The third kappa shape index (κ3) is 5.50. The number of aryl methyl sites for hydroxylation is 1. The third-order valence-corrected chi connectivity index (χ3v) is 5.26. The zero-order valence-corrected chi connectivity index (χ0v) is 15.1. The quantitative estimate of drug-likeness (QED) is 0.414. The summed E-state index contributed by atoms with van der Waals surface area (Å²) < 4.78 is 26.7. The first-order valence-electron chi connectivity index (χ1n) is 7.49.